The molecule has 0 bridgehead atoms. The van der Waals surface area contributed by atoms with Gasteiger partial charge in [-0.15, -0.1) is 5.10 Å². The molecule has 1 aromatic heterocycles. The van der Waals surface area contributed by atoms with Gasteiger partial charge in [0.25, 0.3) is 0 Å². The highest BCUT2D eigenvalue weighted by molar-refractivity contribution is 5.89. The number of nitrogens with one attached hydrogen (secondary N) is 1. The number of carbonyl (C=O) groups excluding carboxylic acids is 2. The molecule has 1 saturated heterocycles. The largest absolute Gasteiger partial charge is 0.343 e. The summed E-state index contributed by atoms with van der Waals surface area (Å²) in [4.78, 5) is 27.6. The van der Waals surface area contributed by atoms with E-state index in [0.29, 0.717) is 11.6 Å². The second-order valence-electron chi connectivity index (χ2n) is 9.13. The van der Waals surface area contributed by atoms with Crippen LogP contribution in [-0.4, -0.2) is 50.5 Å². The average molecular weight is 464 g/mol. The van der Waals surface area contributed by atoms with Gasteiger partial charge in [0.2, 0.25) is 11.8 Å². The standard InChI is InChI=1S/C26H30FN5O2/c1-17(2)18-9-11-20(12-10-18)25(19-7-5-4-6-8-19)28-26(34)23-13-21(27)15-32(23)24(33)14-22-16-31(3)30-29-22/h4-12,16-17,21,23,25H,13-15H2,1-3H3,(H,28,34)/t21-,23?,25+/m1/s1. The number of amides is 2. The molecule has 2 heterocycles. The highest BCUT2D eigenvalue weighted by atomic mass is 19.1. The van der Waals surface area contributed by atoms with Gasteiger partial charge in [0.15, 0.2) is 0 Å². The summed E-state index contributed by atoms with van der Waals surface area (Å²) in [6, 6.07) is 16.5. The maximum atomic E-state index is 14.4. The highest BCUT2D eigenvalue weighted by Gasteiger charge is 2.40. The topological polar surface area (TPSA) is 80.1 Å². The Hall–Kier alpha value is -3.55. The molecule has 3 atom stereocenters. The predicted molar refractivity (Wildman–Crippen MR) is 127 cm³/mol. The van der Waals surface area contributed by atoms with Gasteiger partial charge in [-0.2, -0.15) is 0 Å². The van der Waals surface area contributed by atoms with Crippen LogP contribution in [-0.2, 0) is 23.1 Å². The lowest BCUT2D eigenvalue weighted by Gasteiger charge is -2.27. The van der Waals surface area contributed by atoms with Crippen molar-refractivity contribution < 1.29 is 14.0 Å². The van der Waals surface area contributed by atoms with Gasteiger partial charge in [0, 0.05) is 19.7 Å². The first-order chi connectivity index (χ1) is 16.3. The average Bonchev–Trinajstić information content (AvgIpc) is 3.43. The minimum Gasteiger partial charge on any atom is -0.343 e. The van der Waals surface area contributed by atoms with Gasteiger partial charge in [-0.05, 0) is 22.6 Å². The Morgan fingerprint density at radius 1 is 1.06 bits per heavy atom. The number of alkyl halides is 1. The Morgan fingerprint density at radius 2 is 1.71 bits per heavy atom. The molecule has 7 nitrogen and oxygen atoms in total. The van der Waals surface area contributed by atoms with Crippen molar-refractivity contribution in [1.29, 1.82) is 0 Å². The number of likely N-dealkylation sites (tertiary alicyclic amines) is 1. The monoisotopic (exact) mass is 463 g/mol. The fraction of sp³-hybridized carbons (Fsp3) is 0.385. The zero-order chi connectivity index (χ0) is 24.2. The van der Waals surface area contributed by atoms with Gasteiger partial charge < -0.3 is 10.2 Å². The van der Waals surface area contributed by atoms with E-state index >= 15 is 0 Å². The zero-order valence-corrected chi connectivity index (χ0v) is 19.7. The maximum Gasteiger partial charge on any atom is 0.243 e. The summed E-state index contributed by atoms with van der Waals surface area (Å²) in [5.41, 5.74) is 3.54. The first-order valence-electron chi connectivity index (χ1n) is 11.6. The van der Waals surface area contributed by atoms with Crippen molar-refractivity contribution in [1.82, 2.24) is 25.2 Å². The van der Waals surface area contributed by atoms with Crippen molar-refractivity contribution >= 4 is 11.8 Å². The van der Waals surface area contributed by atoms with Crippen LogP contribution in [0, 0.1) is 0 Å². The molecule has 34 heavy (non-hydrogen) atoms. The van der Waals surface area contributed by atoms with Crippen LogP contribution in [0.15, 0.2) is 60.8 Å². The summed E-state index contributed by atoms with van der Waals surface area (Å²) in [5, 5.41) is 10.8. The minimum absolute atomic E-state index is 0.0220. The number of carbonyl (C=O) groups is 2. The summed E-state index contributed by atoms with van der Waals surface area (Å²) in [6.07, 6.45) is 0.346. The molecule has 1 N–H and O–H groups in total. The molecule has 2 aromatic carbocycles. The molecule has 0 saturated carbocycles. The zero-order valence-electron chi connectivity index (χ0n) is 19.7. The molecule has 178 valence electrons. The quantitative estimate of drug-likeness (QED) is 0.583. The van der Waals surface area contributed by atoms with Gasteiger partial charge in [0.05, 0.1) is 24.7 Å². The van der Waals surface area contributed by atoms with Gasteiger partial charge in [0.1, 0.15) is 12.2 Å². The number of aromatic nitrogens is 3. The number of hydrogen-bond acceptors (Lipinski definition) is 4. The third-order valence-electron chi connectivity index (χ3n) is 6.21. The van der Waals surface area contributed by atoms with E-state index in [1.807, 2.05) is 42.5 Å². The minimum atomic E-state index is -1.25. The van der Waals surface area contributed by atoms with Crippen LogP contribution in [0.4, 0.5) is 4.39 Å². The Bertz CT molecular complexity index is 1130. The van der Waals surface area contributed by atoms with Crippen molar-refractivity contribution in [3.63, 3.8) is 0 Å². The van der Waals surface area contributed by atoms with E-state index in [1.165, 1.54) is 15.1 Å². The maximum absolute atomic E-state index is 14.4. The molecule has 0 aliphatic carbocycles. The van der Waals surface area contributed by atoms with Crippen molar-refractivity contribution in [3.05, 3.63) is 83.2 Å². The number of rotatable bonds is 7. The van der Waals surface area contributed by atoms with Crippen molar-refractivity contribution in [2.24, 2.45) is 7.05 Å². The van der Waals surface area contributed by atoms with Gasteiger partial charge in [-0.25, -0.2) is 4.39 Å². The molecule has 1 fully saturated rings. The van der Waals surface area contributed by atoms with Gasteiger partial charge >= 0.3 is 0 Å². The van der Waals surface area contributed by atoms with E-state index in [1.54, 1.807) is 13.2 Å². The molecule has 0 radical (unpaired) electrons. The lowest BCUT2D eigenvalue weighted by atomic mass is 9.95. The Morgan fingerprint density at radius 3 is 2.32 bits per heavy atom. The summed E-state index contributed by atoms with van der Waals surface area (Å²) < 4.78 is 15.9. The predicted octanol–water partition coefficient (Wildman–Crippen LogP) is 3.33. The van der Waals surface area contributed by atoms with Crippen LogP contribution < -0.4 is 5.32 Å². The fourth-order valence-electron chi connectivity index (χ4n) is 4.36. The van der Waals surface area contributed by atoms with Crippen LogP contribution in [0.25, 0.3) is 0 Å². The lowest BCUT2D eigenvalue weighted by molar-refractivity contribution is -0.138. The first-order valence-corrected chi connectivity index (χ1v) is 11.6. The van der Waals surface area contributed by atoms with E-state index in [2.05, 4.69) is 41.6 Å². The molecule has 0 spiro atoms. The first kappa shape index (κ1) is 23.6. The van der Waals surface area contributed by atoms with Crippen LogP contribution in [0.3, 0.4) is 0 Å². The number of aryl methyl sites for hydroxylation is 1. The Balaban J connectivity index is 1.55. The van der Waals surface area contributed by atoms with Gasteiger partial charge in [-0.3, -0.25) is 14.3 Å². The van der Waals surface area contributed by atoms with Gasteiger partial charge in [-0.1, -0.05) is 73.7 Å². The molecule has 1 aliphatic heterocycles. The molecule has 1 aliphatic rings. The van der Waals surface area contributed by atoms with Crippen molar-refractivity contribution in [2.45, 2.75) is 50.9 Å². The fourth-order valence-corrected chi connectivity index (χ4v) is 4.36. The number of nitrogens with zero attached hydrogens (tertiary/aromatic N) is 4. The smallest absolute Gasteiger partial charge is 0.243 e. The second kappa shape index (κ2) is 10.2. The number of hydrogen-bond donors (Lipinski definition) is 1. The second-order valence-corrected chi connectivity index (χ2v) is 9.13. The molecular formula is C26H30FN5O2. The SMILES string of the molecule is CC(C)c1ccc([C@@H](NC(=O)C2C[C@@H](F)CN2C(=O)Cc2cn(C)nn2)c2ccccc2)cc1. The van der Waals surface area contributed by atoms with E-state index < -0.39 is 18.3 Å². The van der Waals surface area contributed by atoms with Crippen LogP contribution in [0.5, 0.6) is 0 Å². The van der Waals surface area contributed by atoms with E-state index in [0.717, 1.165) is 11.1 Å². The van der Waals surface area contributed by atoms with E-state index in [-0.39, 0.29) is 31.2 Å². The normalized spacial score (nSPS) is 18.8. The molecule has 2 amide bonds. The van der Waals surface area contributed by atoms with Crippen molar-refractivity contribution in [3.8, 4) is 0 Å². The van der Waals surface area contributed by atoms with Crippen LogP contribution in [0.1, 0.15) is 54.6 Å². The Kier molecular flexibility index (Phi) is 7.05. The lowest BCUT2D eigenvalue weighted by Crippen LogP contribution is -2.47. The Labute approximate surface area is 199 Å². The molecule has 1 unspecified atom stereocenters. The van der Waals surface area contributed by atoms with E-state index in [4.69, 9.17) is 0 Å². The molecular weight excluding hydrogens is 433 g/mol. The number of halogens is 1. The highest BCUT2D eigenvalue weighted by Crippen LogP contribution is 2.27. The summed E-state index contributed by atoms with van der Waals surface area (Å²) in [5.74, 6) is -0.305. The van der Waals surface area contributed by atoms with E-state index in [9.17, 15) is 14.0 Å². The van der Waals surface area contributed by atoms with Crippen LogP contribution in [0.2, 0.25) is 0 Å². The molecule has 4 rings (SSSR count). The summed E-state index contributed by atoms with van der Waals surface area (Å²) in [6.45, 7) is 4.16. The third-order valence-corrected chi connectivity index (χ3v) is 6.21. The third kappa shape index (κ3) is 5.32. The van der Waals surface area contributed by atoms with Crippen LogP contribution >= 0.6 is 0 Å². The molecule has 8 heteroatoms. The molecule has 3 aromatic rings. The number of benzene rings is 2. The summed E-state index contributed by atoms with van der Waals surface area (Å²) in [7, 11) is 1.71. The van der Waals surface area contributed by atoms with Crippen molar-refractivity contribution in [2.75, 3.05) is 6.54 Å². The summed E-state index contributed by atoms with van der Waals surface area (Å²) >= 11 is 0.